The van der Waals surface area contributed by atoms with Crippen LogP contribution in [-0.2, 0) is 29.2 Å². The monoisotopic (exact) mass is 632 g/mol. The van der Waals surface area contributed by atoms with Gasteiger partial charge >= 0.3 is 5.97 Å². The predicted molar refractivity (Wildman–Crippen MR) is 180 cm³/mol. The molecular formula is C37H49FN4O4+2. The van der Waals surface area contributed by atoms with Gasteiger partial charge in [0.15, 0.2) is 0 Å². The number of nitroso groups, excluding NO2 is 2. The van der Waals surface area contributed by atoms with E-state index in [2.05, 4.69) is 17.4 Å². The molecule has 1 aliphatic heterocycles. The molecule has 3 aromatic carbocycles. The summed E-state index contributed by atoms with van der Waals surface area (Å²) in [6, 6.07) is 21.5. The SMILES string of the molecule is C[N+](CCCOC(=O)CCCCCC[N+]1(Cc2ccc(N=O)cc2)CCCCC1)(Cc1ccc(F)cc1)Cc1ccc(N=O)cc1. The van der Waals surface area contributed by atoms with Crippen LogP contribution in [0.25, 0.3) is 0 Å². The molecule has 0 aromatic heterocycles. The van der Waals surface area contributed by atoms with Crippen molar-refractivity contribution in [1.29, 1.82) is 0 Å². The Bertz CT molecular complexity index is 1380. The number of nitrogens with zero attached hydrogens (tertiary/aromatic N) is 4. The maximum Gasteiger partial charge on any atom is 0.305 e. The number of quaternary nitrogens is 2. The van der Waals surface area contributed by atoms with Gasteiger partial charge in [-0.1, -0.05) is 42.8 Å². The summed E-state index contributed by atoms with van der Waals surface area (Å²) in [5, 5.41) is 6.01. The number of ether oxygens (including phenoxy) is 1. The van der Waals surface area contributed by atoms with Crippen LogP contribution in [0.1, 0.15) is 74.5 Å². The van der Waals surface area contributed by atoms with Gasteiger partial charge in [0.25, 0.3) is 0 Å². The minimum Gasteiger partial charge on any atom is -0.465 e. The quantitative estimate of drug-likeness (QED) is 0.0572. The Balaban J connectivity index is 1.16. The van der Waals surface area contributed by atoms with Crippen molar-refractivity contribution in [2.75, 3.05) is 39.8 Å². The largest absolute Gasteiger partial charge is 0.465 e. The maximum atomic E-state index is 13.5. The van der Waals surface area contributed by atoms with Gasteiger partial charge in [-0.3, -0.25) is 4.79 Å². The third-order valence-electron chi connectivity index (χ3n) is 9.28. The first-order chi connectivity index (χ1) is 22.3. The average molecular weight is 633 g/mol. The fourth-order valence-corrected chi connectivity index (χ4v) is 6.82. The molecule has 46 heavy (non-hydrogen) atoms. The van der Waals surface area contributed by atoms with Crippen LogP contribution in [0.2, 0.25) is 0 Å². The van der Waals surface area contributed by atoms with Crippen molar-refractivity contribution in [3.05, 3.63) is 105 Å². The van der Waals surface area contributed by atoms with E-state index in [0.717, 1.165) is 60.9 Å². The molecule has 0 N–H and O–H groups in total. The minimum absolute atomic E-state index is 0.141. The molecule has 0 bridgehead atoms. The number of halogens is 1. The molecule has 0 spiro atoms. The highest BCUT2D eigenvalue weighted by Crippen LogP contribution is 2.26. The molecule has 4 rings (SSSR count). The van der Waals surface area contributed by atoms with E-state index in [1.807, 2.05) is 48.5 Å². The van der Waals surface area contributed by atoms with E-state index >= 15 is 0 Å². The molecular weight excluding hydrogens is 583 g/mol. The maximum absolute atomic E-state index is 13.5. The van der Waals surface area contributed by atoms with Crippen molar-refractivity contribution in [3.63, 3.8) is 0 Å². The van der Waals surface area contributed by atoms with E-state index in [9.17, 15) is 19.0 Å². The number of likely N-dealkylation sites (tertiary alicyclic amines) is 1. The zero-order valence-electron chi connectivity index (χ0n) is 27.2. The number of carbonyl (C=O) groups excluding carboxylic acids is 1. The van der Waals surface area contributed by atoms with Crippen LogP contribution in [0, 0.1) is 15.6 Å². The zero-order chi connectivity index (χ0) is 32.7. The number of hydrogen-bond acceptors (Lipinski definition) is 6. The third kappa shape index (κ3) is 11.5. The Morgan fingerprint density at radius 3 is 1.87 bits per heavy atom. The van der Waals surface area contributed by atoms with Crippen molar-refractivity contribution >= 4 is 17.3 Å². The van der Waals surface area contributed by atoms with Crippen molar-refractivity contribution in [1.82, 2.24) is 0 Å². The van der Waals surface area contributed by atoms with Crippen LogP contribution < -0.4 is 0 Å². The molecule has 1 heterocycles. The van der Waals surface area contributed by atoms with E-state index in [1.165, 1.54) is 50.0 Å². The molecule has 0 aliphatic carbocycles. The van der Waals surface area contributed by atoms with Crippen LogP contribution in [-0.4, -0.2) is 54.8 Å². The fraction of sp³-hybridized carbons (Fsp3) is 0.486. The lowest BCUT2D eigenvalue weighted by Crippen LogP contribution is -2.51. The van der Waals surface area contributed by atoms with Crippen LogP contribution in [0.5, 0.6) is 0 Å². The van der Waals surface area contributed by atoms with Gasteiger partial charge in [-0.2, -0.15) is 0 Å². The highest BCUT2D eigenvalue weighted by molar-refractivity contribution is 5.69. The summed E-state index contributed by atoms with van der Waals surface area (Å²) in [4.78, 5) is 34.1. The van der Waals surface area contributed by atoms with Crippen molar-refractivity contribution in [2.45, 2.75) is 77.4 Å². The van der Waals surface area contributed by atoms with Crippen LogP contribution in [0.15, 0.2) is 83.2 Å². The summed E-state index contributed by atoms with van der Waals surface area (Å²) in [7, 11) is 2.15. The number of unbranched alkanes of at least 4 members (excludes halogenated alkanes) is 3. The summed E-state index contributed by atoms with van der Waals surface area (Å²) < 4.78 is 20.9. The van der Waals surface area contributed by atoms with Crippen molar-refractivity contribution in [2.24, 2.45) is 10.4 Å². The van der Waals surface area contributed by atoms with Crippen molar-refractivity contribution in [3.8, 4) is 0 Å². The second-order valence-corrected chi connectivity index (χ2v) is 13.3. The zero-order valence-corrected chi connectivity index (χ0v) is 27.2. The van der Waals surface area contributed by atoms with Crippen molar-refractivity contribution < 1.29 is 22.9 Å². The van der Waals surface area contributed by atoms with Gasteiger partial charge in [0.05, 0.1) is 39.8 Å². The number of esters is 1. The van der Waals surface area contributed by atoms with Gasteiger partial charge in [0.2, 0.25) is 0 Å². The third-order valence-corrected chi connectivity index (χ3v) is 9.28. The average Bonchev–Trinajstić information content (AvgIpc) is 3.07. The van der Waals surface area contributed by atoms with E-state index in [0.29, 0.717) is 48.4 Å². The summed E-state index contributed by atoms with van der Waals surface area (Å²) in [5.74, 6) is -0.399. The molecule has 9 heteroatoms. The van der Waals surface area contributed by atoms with Gasteiger partial charge in [-0.25, -0.2) is 4.39 Å². The van der Waals surface area contributed by atoms with E-state index in [-0.39, 0.29) is 11.8 Å². The molecule has 246 valence electrons. The normalized spacial score (nSPS) is 15.5. The number of rotatable bonds is 19. The van der Waals surface area contributed by atoms with Crippen LogP contribution in [0.4, 0.5) is 15.8 Å². The number of carbonyl (C=O) groups is 1. The highest BCUT2D eigenvalue weighted by atomic mass is 19.1. The Morgan fingerprint density at radius 1 is 0.739 bits per heavy atom. The van der Waals surface area contributed by atoms with Gasteiger partial charge < -0.3 is 13.7 Å². The van der Waals surface area contributed by atoms with Crippen LogP contribution in [0.3, 0.4) is 0 Å². The summed E-state index contributed by atoms with van der Waals surface area (Å²) in [6.07, 6.45) is 9.07. The first-order valence-corrected chi connectivity index (χ1v) is 16.7. The fourth-order valence-electron chi connectivity index (χ4n) is 6.82. The molecule has 1 fully saturated rings. The molecule has 0 radical (unpaired) electrons. The van der Waals surface area contributed by atoms with E-state index < -0.39 is 0 Å². The number of benzene rings is 3. The Hall–Kier alpha value is -3.82. The smallest absolute Gasteiger partial charge is 0.305 e. The van der Waals surface area contributed by atoms with Crippen LogP contribution >= 0.6 is 0 Å². The number of hydrogen-bond donors (Lipinski definition) is 0. The lowest BCUT2D eigenvalue weighted by molar-refractivity contribution is -0.945. The molecule has 1 saturated heterocycles. The van der Waals surface area contributed by atoms with Gasteiger partial charge in [-0.15, -0.1) is 9.81 Å². The second kappa shape index (κ2) is 17.8. The molecule has 0 amide bonds. The second-order valence-electron chi connectivity index (χ2n) is 13.3. The molecule has 1 atom stereocenters. The Labute approximate surface area is 272 Å². The molecule has 1 unspecified atom stereocenters. The highest BCUT2D eigenvalue weighted by Gasteiger charge is 2.29. The number of piperidine rings is 1. The Morgan fingerprint density at radius 2 is 1.28 bits per heavy atom. The first-order valence-electron chi connectivity index (χ1n) is 16.7. The topological polar surface area (TPSA) is 85.2 Å². The van der Waals surface area contributed by atoms with Gasteiger partial charge in [0.1, 0.15) is 36.8 Å². The summed E-state index contributed by atoms with van der Waals surface area (Å²) >= 11 is 0. The molecule has 8 nitrogen and oxygen atoms in total. The summed E-state index contributed by atoms with van der Waals surface area (Å²) in [5.41, 5.74) is 4.24. The van der Waals surface area contributed by atoms with E-state index in [4.69, 9.17) is 4.74 Å². The lowest BCUT2D eigenvalue weighted by atomic mass is 10.0. The van der Waals surface area contributed by atoms with E-state index in [1.54, 1.807) is 12.1 Å². The molecule has 1 aliphatic rings. The Kier molecular flexibility index (Phi) is 13.5. The standard InChI is InChI=1S/C37H49FN4O4/c1-41(28-31-11-17-34(38)18-12-31,29-32-13-19-35(39-44)20-14-32)23-9-27-46-37(43)10-5-2-3-6-24-42(25-7-4-8-26-42)30-33-15-21-36(40-45)22-16-33/h11-22H,2-10,23-30H2,1H3/q+2. The first kappa shape index (κ1) is 35.0. The van der Waals surface area contributed by atoms with Gasteiger partial charge in [0, 0.05) is 29.5 Å². The molecule has 0 saturated carbocycles. The van der Waals surface area contributed by atoms with Gasteiger partial charge in [-0.05, 0) is 85.3 Å². The summed E-state index contributed by atoms with van der Waals surface area (Å²) in [6.45, 7) is 7.10. The lowest BCUT2D eigenvalue weighted by Gasteiger charge is -2.42. The molecule has 3 aromatic rings. The minimum atomic E-state index is -0.258. The predicted octanol–water partition coefficient (Wildman–Crippen LogP) is 8.85.